The molecule has 0 amide bonds. The van der Waals surface area contributed by atoms with Crippen LogP contribution in [-0.4, -0.2) is 17.1 Å². The first-order valence-corrected chi connectivity index (χ1v) is 6.33. The average molecular weight is 248 g/mol. The Labute approximate surface area is 110 Å². The number of hydrogen-bond donors (Lipinski definition) is 1. The Morgan fingerprint density at radius 1 is 1.33 bits per heavy atom. The molecule has 0 unspecified atom stereocenters. The first-order valence-electron chi connectivity index (χ1n) is 6.33. The van der Waals surface area contributed by atoms with Crippen LogP contribution in [0.25, 0.3) is 0 Å². The SMILES string of the molecule is CC(C)=CCOc1ccc(CNC(C)(C)C)nc1. The first kappa shape index (κ1) is 14.7. The van der Waals surface area contributed by atoms with Crippen molar-refractivity contribution in [2.75, 3.05) is 6.61 Å². The van der Waals surface area contributed by atoms with Gasteiger partial charge in [0.05, 0.1) is 11.9 Å². The number of pyridine rings is 1. The van der Waals surface area contributed by atoms with Gasteiger partial charge in [-0.2, -0.15) is 0 Å². The van der Waals surface area contributed by atoms with E-state index in [1.165, 1.54) is 5.57 Å². The minimum atomic E-state index is 0.111. The van der Waals surface area contributed by atoms with E-state index < -0.39 is 0 Å². The average Bonchev–Trinajstić information content (AvgIpc) is 2.26. The van der Waals surface area contributed by atoms with Crippen LogP contribution in [-0.2, 0) is 6.54 Å². The van der Waals surface area contributed by atoms with E-state index in [1.807, 2.05) is 12.1 Å². The predicted molar refractivity (Wildman–Crippen MR) is 75.8 cm³/mol. The molecule has 3 heteroatoms. The zero-order valence-electron chi connectivity index (χ0n) is 12.1. The van der Waals surface area contributed by atoms with E-state index in [0.29, 0.717) is 6.61 Å². The van der Waals surface area contributed by atoms with Gasteiger partial charge in [-0.15, -0.1) is 0 Å². The van der Waals surface area contributed by atoms with E-state index in [0.717, 1.165) is 18.0 Å². The van der Waals surface area contributed by atoms with Crippen LogP contribution < -0.4 is 10.1 Å². The normalized spacial score (nSPS) is 11.2. The van der Waals surface area contributed by atoms with Crippen LogP contribution in [0.1, 0.15) is 40.3 Å². The number of nitrogens with zero attached hydrogens (tertiary/aromatic N) is 1. The first-order chi connectivity index (χ1) is 8.37. The number of rotatable bonds is 5. The summed E-state index contributed by atoms with van der Waals surface area (Å²) in [5.74, 6) is 0.812. The molecule has 0 saturated carbocycles. The van der Waals surface area contributed by atoms with E-state index >= 15 is 0 Å². The number of ether oxygens (including phenoxy) is 1. The van der Waals surface area contributed by atoms with Gasteiger partial charge in [0.15, 0.2) is 0 Å². The van der Waals surface area contributed by atoms with Gasteiger partial charge in [-0.1, -0.05) is 5.57 Å². The second-order valence-electron chi connectivity index (χ2n) is 5.68. The summed E-state index contributed by atoms with van der Waals surface area (Å²) in [4.78, 5) is 4.37. The molecule has 0 fully saturated rings. The minimum Gasteiger partial charge on any atom is -0.488 e. The maximum absolute atomic E-state index is 5.56. The summed E-state index contributed by atoms with van der Waals surface area (Å²) in [5.41, 5.74) is 2.40. The molecule has 0 aliphatic rings. The Morgan fingerprint density at radius 3 is 2.56 bits per heavy atom. The Hall–Kier alpha value is -1.35. The molecule has 3 nitrogen and oxygen atoms in total. The van der Waals surface area contributed by atoms with Gasteiger partial charge in [0, 0.05) is 12.1 Å². The molecule has 18 heavy (non-hydrogen) atoms. The van der Waals surface area contributed by atoms with E-state index in [2.05, 4.69) is 51.0 Å². The molecule has 1 aromatic heterocycles. The molecule has 0 aliphatic carbocycles. The summed E-state index contributed by atoms with van der Waals surface area (Å²) >= 11 is 0. The highest BCUT2D eigenvalue weighted by molar-refractivity contribution is 5.20. The number of aromatic nitrogens is 1. The van der Waals surface area contributed by atoms with Crippen molar-refractivity contribution in [3.05, 3.63) is 35.7 Å². The molecule has 1 rings (SSSR count). The molecule has 0 atom stereocenters. The number of hydrogen-bond acceptors (Lipinski definition) is 3. The third kappa shape index (κ3) is 6.40. The zero-order chi connectivity index (χ0) is 13.6. The van der Waals surface area contributed by atoms with E-state index in [9.17, 15) is 0 Å². The van der Waals surface area contributed by atoms with Crippen LogP contribution >= 0.6 is 0 Å². The van der Waals surface area contributed by atoms with Crippen LogP contribution in [0.2, 0.25) is 0 Å². The Morgan fingerprint density at radius 2 is 2.06 bits per heavy atom. The van der Waals surface area contributed by atoms with Crippen molar-refractivity contribution in [3.63, 3.8) is 0 Å². The van der Waals surface area contributed by atoms with Gasteiger partial charge < -0.3 is 10.1 Å². The number of allylic oxidation sites excluding steroid dienone is 1. The highest BCUT2D eigenvalue weighted by Crippen LogP contribution is 2.10. The lowest BCUT2D eigenvalue weighted by Gasteiger charge is -2.20. The molecule has 1 heterocycles. The summed E-state index contributed by atoms with van der Waals surface area (Å²) in [7, 11) is 0. The number of nitrogens with one attached hydrogen (secondary N) is 1. The Balaban J connectivity index is 2.45. The van der Waals surface area contributed by atoms with Crippen LogP contribution in [0.15, 0.2) is 30.0 Å². The lowest BCUT2D eigenvalue weighted by atomic mass is 10.1. The highest BCUT2D eigenvalue weighted by atomic mass is 16.5. The molecule has 0 bridgehead atoms. The fourth-order valence-corrected chi connectivity index (χ4v) is 1.26. The van der Waals surface area contributed by atoms with Crippen molar-refractivity contribution in [1.82, 2.24) is 10.3 Å². The van der Waals surface area contributed by atoms with E-state index in [1.54, 1.807) is 6.20 Å². The Kier molecular flexibility index (Phi) is 5.35. The molecular weight excluding hydrogens is 224 g/mol. The van der Waals surface area contributed by atoms with Gasteiger partial charge in [-0.05, 0) is 52.8 Å². The maximum atomic E-state index is 5.56. The van der Waals surface area contributed by atoms with Gasteiger partial charge in [0.1, 0.15) is 12.4 Å². The van der Waals surface area contributed by atoms with Gasteiger partial charge >= 0.3 is 0 Å². The second-order valence-corrected chi connectivity index (χ2v) is 5.68. The zero-order valence-corrected chi connectivity index (χ0v) is 12.1. The third-order valence-corrected chi connectivity index (χ3v) is 2.34. The molecule has 1 aromatic rings. The van der Waals surface area contributed by atoms with Gasteiger partial charge in [-0.3, -0.25) is 4.98 Å². The lowest BCUT2D eigenvalue weighted by Crippen LogP contribution is -2.35. The maximum Gasteiger partial charge on any atom is 0.138 e. The molecule has 0 aliphatic heterocycles. The van der Waals surface area contributed by atoms with Gasteiger partial charge in [0.25, 0.3) is 0 Å². The van der Waals surface area contributed by atoms with Crippen molar-refractivity contribution in [2.24, 2.45) is 0 Å². The summed E-state index contributed by atoms with van der Waals surface area (Å²) in [5, 5.41) is 3.40. The van der Waals surface area contributed by atoms with Gasteiger partial charge in [-0.25, -0.2) is 0 Å². The van der Waals surface area contributed by atoms with Crippen LogP contribution in [0.3, 0.4) is 0 Å². The molecule has 0 radical (unpaired) electrons. The minimum absolute atomic E-state index is 0.111. The van der Waals surface area contributed by atoms with Crippen molar-refractivity contribution < 1.29 is 4.74 Å². The smallest absolute Gasteiger partial charge is 0.138 e. The van der Waals surface area contributed by atoms with Crippen molar-refractivity contribution in [3.8, 4) is 5.75 Å². The standard InChI is InChI=1S/C15H24N2O/c1-12(2)8-9-18-14-7-6-13(16-11-14)10-17-15(3,4)5/h6-8,11,17H,9-10H2,1-5H3. The molecule has 0 saturated heterocycles. The fourth-order valence-electron chi connectivity index (χ4n) is 1.26. The fraction of sp³-hybridized carbons (Fsp3) is 0.533. The molecule has 0 aromatic carbocycles. The second kappa shape index (κ2) is 6.55. The lowest BCUT2D eigenvalue weighted by molar-refractivity contribution is 0.359. The predicted octanol–water partition coefficient (Wildman–Crippen LogP) is 3.31. The van der Waals surface area contributed by atoms with E-state index in [-0.39, 0.29) is 5.54 Å². The van der Waals surface area contributed by atoms with E-state index in [4.69, 9.17) is 4.74 Å². The Bertz CT molecular complexity index is 384. The summed E-state index contributed by atoms with van der Waals surface area (Å²) in [6.45, 7) is 11.9. The van der Waals surface area contributed by atoms with Crippen molar-refractivity contribution >= 4 is 0 Å². The highest BCUT2D eigenvalue weighted by Gasteiger charge is 2.08. The molecule has 0 spiro atoms. The molecule has 100 valence electrons. The molecular formula is C15H24N2O. The summed E-state index contributed by atoms with van der Waals surface area (Å²) in [6, 6.07) is 3.96. The monoisotopic (exact) mass is 248 g/mol. The van der Waals surface area contributed by atoms with Crippen LogP contribution in [0, 0.1) is 0 Å². The van der Waals surface area contributed by atoms with Gasteiger partial charge in [0.2, 0.25) is 0 Å². The van der Waals surface area contributed by atoms with Crippen molar-refractivity contribution in [2.45, 2.75) is 46.7 Å². The van der Waals surface area contributed by atoms with Crippen molar-refractivity contribution in [1.29, 1.82) is 0 Å². The molecule has 1 N–H and O–H groups in total. The largest absolute Gasteiger partial charge is 0.488 e. The van der Waals surface area contributed by atoms with Crippen LogP contribution in [0.5, 0.6) is 5.75 Å². The topological polar surface area (TPSA) is 34.1 Å². The summed E-state index contributed by atoms with van der Waals surface area (Å²) in [6.07, 6.45) is 3.83. The van der Waals surface area contributed by atoms with Crippen LogP contribution in [0.4, 0.5) is 0 Å². The summed E-state index contributed by atoms with van der Waals surface area (Å²) < 4.78 is 5.56. The third-order valence-electron chi connectivity index (χ3n) is 2.34. The quantitative estimate of drug-likeness (QED) is 0.812.